The summed E-state index contributed by atoms with van der Waals surface area (Å²) in [5.74, 6) is 2.98. The molecule has 0 amide bonds. The van der Waals surface area contributed by atoms with Gasteiger partial charge in [-0.15, -0.1) is 11.8 Å². The van der Waals surface area contributed by atoms with Crippen LogP contribution in [0.25, 0.3) is 11.1 Å². The van der Waals surface area contributed by atoms with Crippen molar-refractivity contribution < 1.29 is 4.74 Å². The average molecular weight is 421 g/mol. The van der Waals surface area contributed by atoms with Crippen LogP contribution in [0, 0.1) is 0 Å². The molecule has 30 heavy (non-hydrogen) atoms. The van der Waals surface area contributed by atoms with Crippen LogP contribution in [-0.2, 0) is 0 Å². The van der Waals surface area contributed by atoms with Gasteiger partial charge in [-0.3, -0.25) is 4.90 Å². The molecule has 0 radical (unpaired) electrons. The van der Waals surface area contributed by atoms with Gasteiger partial charge in [-0.1, -0.05) is 24.3 Å². The summed E-state index contributed by atoms with van der Waals surface area (Å²) in [5, 5.41) is 0. The predicted molar refractivity (Wildman–Crippen MR) is 126 cm³/mol. The SMILES string of the molecule is CCOc1ccccc1-c1ccc2c3c1N1CCN(C4CC4)CCC1C3CCCS2. The van der Waals surface area contributed by atoms with Crippen LogP contribution in [0.1, 0.15) is 50.5 Å². The maximum absolute atomic E-state index is 6.06. The number of thioether (sulfide) groups is 1. The molecule has 3 aliphatic heterocycles. The van der Waals surface area contributed by atoms with Gasteiger partial charge in [0.25, 0.3) is 0 Å². The van der Waals surface area contributed by atoms with Crippen LogP contribution >= 0.6 is 11.8 Å². The van der Waals surface area contributed by atoms with E-state index < -0.39 is 0 Å². The van der Waals surface area contributed by atoms with Crippen molar-refractivity contribution in [3.63, 3.8) is 0 Å². The van der Waals surface area contributed by atoms with Crippen LogP contribution < -0.4 is 9.64 Å². The molecule has 0 N–H and O–H groups in total. The van der Waals surface area contributed by atoms with Crippen molar-refractivity contribution in [2.45, 2.75) is 61.9 Å². The predicted octanol–water partition coefficient (Wildman–Crippen LogP) is 5.78. The molecule has 2 atom stereocenters. The largest absolute Gasteiger partial charge is 0.493 e. The number of para-hydroxylation sites is 1. The summed E-state index contributed by atoms with van der Waals surface area (Å²) >= 11 is 2.08. The van der Waals surface area contributed by atoms with Gasteiger partial charge in [0.05, 0.1) is 6.61 Å². The Morgan fingerprint density at radius 3 is 2.73 bits per heavy atom. The lowest BCUT2D eigenvalue weighted by Crippen LogP contribution is -2.35. The number of fused-ring (bicyclic) bond motifs is 3. The van der Waals surface area contributed by atoms with E-state index in [1.807, 2.05) is 0 Å². The van der Waals surface area contributed by atoms with Crippen LogP contribution in [0.5, 0.6) is 5.75 Å². The molecule has 6 rings (SSSR count). The molecule has 1 saturated carbocycles. The first kappa shape index (κ1) is 19.1. The molecular weight excluding hydrogens is 388 g/mol. The van der Waals surface area contributed by atoms with E-state index in [1.165, 1.54) is 79.2 Å². The minimum absolute atomic E-state index is 0.668. The first-order valence-electron chi connectivity index (χ1n) is 11.9. The van der Waals surface area contributed by atoms with E-state index >= 15 is 0 Å². The second kappa shape index (κ2) is 7.80. The van der Waals surface area contributed by atoms with E-state index in [2.05, 4.69) is 64.9 Å². The Hall–Kier alpha value is -1.65. The van der Waals surface area contributed by atoms with E-state index in [0.717, 1.165) is 11.8 Å². The summed E-state index contributed by atoms with van der Waals surface area (Å²) in [6.07, 6.45) is 6.82. The Labute approximate surface area is 184 Å². The molecule has 0 spiro atoms. The standard InChI is InChI=1S/C26H32N2OS/c1-2-29-23-8-4-3-6-19(23)20-11-12-24-25-21(7-5-17-30-24)22-13-14-27(18-9-10-18)15-16-28(22)26(20)25/h3-4,6,8,11-12,18,21-22H,2,5,7,9-10,13-17H2,1H3. The molecule has 3 heterocycles. The van der Waals surface area contributed by atoms with E-state index in [9.17, 15) is 0 Å². The molecule has 1 saturated heterocycles. The van der Waals surface area contributed by atoms with Crippen molar-refractivity contribution in [1.29, 1.82) is 0 Å². The Kier molecular flexibility index (Phi) is 4.96. The van der Waals surface area contributed by atoms with Crippen LogP contribution in [0.3, 0.4) is 0 Å². The van der Waals surface area contributed by atoms with Gasteiger partial charge in [0.15, 0.2) is 0 Å². The van der Waals surface area contributed by atoms with E-state index in [1.54, 1.807) is 5.56 Å². The summed E-state index contributed by atoms with van der Waals surface area (Å²) in [6, 6.07) is 15.0. The first-order chi connectivity index (χ1) is 14.8. The molecule has 2 aromatic carbocycles. The van der Waals surface area contributed by atoms with Gasteiger partial charge in [0, 0.05) is 59.3 Å². The molecule has 4 heteroatoms. The van der Waals surface area contributed by atoms with Crippen molar-refractivity contribution in [1.82, 2.24) is 4.90 Å². The highest BCUT2D eigenvalue weighted by Gasteiger charge is 2.44. The molecule has 2 aromatic rings. The molecule has 158 valence electrons. The summed E-state index contributed by atoms with van der Waals surface area (Å²) in [7, 11) is 0. The van der Waals surface area contributed by atoms with Crippen molar-refractivity contribution >= 4 is 17.4 Å². The third kappa shape index (κ3) is 3.15. The zero-order chi connectivity index (χ0) is 20.1. The molecule has 2 fully saturated rings. The Morgan fingerprint density at radius 1 is 0.967 bits per heavy atom. The van der Waals surface area contributed by atoms with Crippen LogP contribution in [0.15, 0.2) is 41.3 Å². The van der Waals surface area contributed by atoms with E-state index in [0.29, 0.717) is 18.6 Å². The number of hydrogen-bond acceptors (Lipinski definition) is 4. The number of benzene rings is 2. The Balaban J connectivity index is 1.48. The first-order valence-corrected chi connectivity index (χ1v) is 12.9. The van der Waals surface area contributed by atoms with Gasteiger partial charge in [0.2, 0.25) is 0 Å². The van der Waals surface area contributed by atoms with Gasteiger partial charge in [-0.05, 0) is 62.5 Å². The topological polar surface area (TPSA) is 15.7 Å². The summed E-state index contributed by atoms with van der Waals surface area (Å²) in [5.41, 5.74) is 5.83. The molecule has 3 nitrogen and oxygen atoms in total. The molecule has 0 bridgehead atoms. The number of rotatable bonds is 4. The molecule has 4 aliphatic rings. The summed E-state index contributed by atoms with van der Waals surface area (Å²) in [4.78, 5) is 7.13. The minimum atomic E-state index is 0.668. The van der Waals surface area contributed by atoms with Crippen molar-refractivity contribution in [2.75, 3.05) is 36.9 Å². The van der Waals surface area contributed by atoms with E-state index in [-0.39, 0.29) is 0 Å². The average Bonchev–Trinajstić information content (AvgIpc) is 3.59. The Morgan fingerprint density at radius 2 is 1.87 bits per heavy atom. The highest BCUT2D eigenvalue weighted by Crippen LogP contribution is 2.55. The van der Waals surface area contributed by atoms with Gasteiger partial charge in [-0.25, -0.2) is 0 Å². The fourth-order valence-corrected chi connectivity index (χ4v) is 7.15. The van der Waals surface area contributed by atoms with Crippen molar-refractivity contribution in [3.05, 3.63) is 42.0 Å². The molecule has 2 unspecified atom stereocenters. The second-order valence-electron chi connectivity index (χ2n) is 9.22. The molecular formula is C26H32N2OS. The van der Waals surface area contributed by atoms with Crippen molar-refractivity contribution in [2.24, 2.45) is 0 Å². The van der Waals surface area contributed by atoms with Crippen LogP contribution in [0.4, 0.5) is 5.69 Å². The van der Waals surface area contributed by atoms with Crippen LogP contribution in [-0.4, -0.2) is 49.0 Å². The minimum Gasteiger partial charge on any atom is -0.493 e. The zero-order valence-corrected chi connectivity index (χ0v) is 18.8. The van der Waals surface area contributed by atoms with Gasteiger partial charge < -0.3 is 9.64 Å². The highest BCUT2D eigenvalue weighted by molar-refractivity contribution is 7.99. The highest BCUT2D eigenvalue weighted by atomic mass is 32.2. The lowest BCUT2D eigenvalue weighted by Gasteiger charge is -2.29. The van der Waals surface area contributed by atoms with Gasteiger partial charge >= 0.3 is 0 Å². The van der Waals surface area contributed by atoms with Crippen molar-refractivity contribution in [3.8, 4) is 16.9 Å². The molecule has 1 aliphatic carbocycles. The summed E-state index contributed by atoms with van der Waals surface area (Å²) < 4.78 is 6.06. The van der Waals surface area contributed by atoms with Gasteiger partial charge in [0.1, 0.15) is 5.75 Å². The third-order valence-electron chi connectivity index (χ3n) is 7.50. The third-order valence-corrected chi connectivity index (χ3v) is 8.66. The van der Waals surface area contributed by atoms with Crippen LogP contribution in [0.2, 0.25) is 0 Å². The van der Waals surface area contributed by atoms with E-state index in [4.69, 9.17) is 4.74 Å². The number of nitrogens with zero attached hydrogens (tertiary/aromatic N) is 2. The lowest BCUT2D eigenvalue weighted by atomic mass is 9.88. The number of hydrogen-bond donors (Lipinski definition) is 0. The lowest BCUT2D eigenvalue weighted by molar-refractivity contribution is 0.277. The smallest absolute Gasteiger partial charge is 0.127 e. The fourth-order valence-electron chi connectivity index (χ4n) is 6.05. The second-order valence-corrected chi connectivity index (χ2v) is 10.4. The molecule has 0 aromatic heterocycles. The Bertz CT molecular complexity index is 941. The maximum Gasteiger partial charge on any atom is 0.127 e. The maximum atomic E-state index is 6.06. The quantitative estimate of drug-likeness (QED) is 0.623. The fraction of sp³-hybridized carbons (Fsp3) is 0.538. The normalized spacial score (nSPS) is 26.0. The number of anilines is 1. The van der Waals surface area contributed by atoms with Gasteiger partial charge in [-0.2, -0.15) is 0 Å². The summed E-state index contributed by atoms with van der Waals surface area (Å²) in [6.45, 7) is 6.46. The zero-order valence-electron chi connectivity index (χ0n) is 18.0. The monoisotopic (exact) mass is 420 g/mol. The number of ether oxygens (including phenoxy) is 1.